The third kappa shape index (κ3) is 5.91. The standard InChI is InChI=1S/C25H30N4O9.H2O4S/c1-24(2,3)27-12-8-13(29(37)38)18(30)15-10(12)6-9-7-11-17(28(4)5)20(32)16(23(26)35)22(34)25(11,36)21(33)14(9)19(15)31;1-5(2,3)4/h8-9,11,17,27,30-31,34,36H,6-7H2,1-5H3,(H2,26,35);(H2,1,2,3,4)/t9?,11?,17-,25-;/m0./s1. The van der Waals surface area contributed by atoms with Gasteiger partial charge in [0, 0.05) is 28.8 Å². The Labute approximate surface area is 245 Å². The number of Topliss-reactive ketones (excluding diaryl/α,β-unsaturated/α-hetero) is 2. The summed E-state index contributed by atoms with van der Waals surface area (Å²) in [5.41, 5.74) is 0.171. The van der Waals surface area contributed by atoms with Gasteiger partial charge in [0.1, 0.15) is 17.1 Å². The number of nitrogens with two attached hydrogens (primary N) is 1. The first-order valence-electron chi connectivity index (χ1n) is 12.6. The van der Waals surface area contributed by atoms with E-state index in [1.165, 1.54) is 19.0 Å². The number of carbonyl (C=O) groups is 3. The van der Waals surface area contributed by atoms with Crippen LogP contribution >= 0.6 is 0 Å². The first-order chi connectivity index (χ1) is 19.4. The number of aliphatic hydroxyl groups excluding tert-OH is 2. The largest absolute Gasteiger partial charge is 0.508 e. The molecule has 43 heavy (non-hydrogen) atoms. The third-order valence-electron chi connectivity index (χ3n) is 7.41. The summed E-state index contributed by atoms with van der Waals surface area (Å²) < 4.78 is 31.6. The van der Waals surface area contributed by atoms with Gasteiger partial charge in [-0.2, -0.15) is 8.42 Å². The first kappa shape index (κ1) is 33.4. The van der Waals surface area contributed by atoms with E-state index < -0.39 is 90.3 Å². The Morgan fingerprint density at radius 2 is 1.72 bits per heavy atom. The van der Waals surface area contributed by atoms with Crippen LogP contribution in [0.15, 0.2) is 23.0 Å². The van der Waals surface area contributed by atoms with Crippen LogP contribution in [0.1, 0.15) is 38.3 Å². The number of anilines is 1. The second kappa shape index (κ2) is 10.9. The van der Waals surface area contributed by atoms with Crippen molar-refractivity contribution in [2.24, 2.45) is 17.6 Å². The average Bonchev–Trinajstić information content (AvgIpc) is 2.80. The van der Waals surface area contributed by atoms with Gasteiger partial charge in [-0.25, -0.2) is 0 Å². The number of nitro benzene ring substituents is 1. The molecule has 0 spiro atoms. The van der Waals surface area contributed by atoms with Gasteiger partial charge in [0.05, 0.1) is 16.5 Å². The number of benzene rings is 1. The molecule has 1 aromatic rings. The molecule has 17 nitrogen and oxygen atoms in total. The Bertz CT molecular complexity index is 1600. The van der Waals surface area contributed by atoms with Crippen LogP contribution in [0.5, 0.6) is 5.75 Å². The molecule has 9 N–H and O–H groups in total. The normalized spacial score (nSPS) is 25.4. The summed E-state index contributed by atoms with van der Waals surface area (Å²) in [7, 11) is -1.65. The Kier molecular flexibility index (Phi) is 8.44. The summed E-state index contributed by atoms with van der Waals surface area (Å²) in [6, 6.07) is -0.0519. The number of carbonyl (C=O) groups excluding carboxylic acids is 3. The number of nitrogens with zero attached hydrogens (tertiary/aromatic N) is 2. The second-order valence-electron chi connectivity index (χ2n) is 11.7. The number of nitrogens with one attached hydrogen (secondary N) is 1. The Balaban J connectivity index is 0.000000934. The molecule has 0 bridgehead atoms. The summed E-state index contributed by atoms with van der Waals surface area (Å²) in [4.78, 5) is 51.3. The Hall–Kier alpha value is -4.10. The van der Waals surface area contributed by atoms with Gasteiger partial charge in [-0.1, -0.05) is 0 Å². The summed E-state index contributed by atoms with van der Waals surface area (Å²) in [6.07, 6.45) is -0.0724. The average molecular weight is 629 g/mol. The van der Waals surface area contributed by atoms with Gasteiger partial charge in [0.25, 0.3) is 5.91 Å². The molecule has 236 valence electrons. The van der Waals surface area contributed by atoms with Crippen LogP contribution in [0.4, 0.5) is 11.4 Å². The van der Waals surface area contributed by atoms with Gasteiger partial charge in [0.15, 0.2) is 11.4 Å². The zero-order valence-electron chi connectivity index (χ0n) is 23.6. The Morgan fingerprint density at radius 1 is 1.19 bits per heavy atom. The molecule has 3 aliphatic carbocycles. The maximum absolute atomic E-state index is 13.9. The highest BCUT2D eigenvalue weighted by molar-refractivity contribution is 7.79. The van der Waals surface area contributed by atoms with Gasteiger partial charge in [-0.3, -0.25) is 38.5 Å². The van der Waals surface area contributed by atoms with Crippen LogP contribution in [-0.2, 0) is 31.2 Å². The van der Waals surface area contributed by atoms with E-state index in [1.54, 1.807) is 0 Å². The molecule has 0 heterocycles. The minimum Gasteiger partial charge on any atom is -0.508 e. The number of aromatic hydroxyl groups is 1. The van der Waals surface area contributed by atoms with Crippen LogP contribution < -0.4 is 11.1 Å². The van der Waals surface area contributed by atoms with Crippen molar-refractivity contribution in [1.82, 2.24) is 4.90 Å². The van der Waals surface area contributed by atoms with Crippen molar-refractivity contribution >= 4 is 45.0 Å². The van der Waals surface area contributed by atoms with E-state index in [4.69, 9.17) is 23.3 Å². The summed E-state index contributed by atoms with van der Waals surface area (Å²) in [5, 5.41) is 59.4. The number of primary amides is 1. The predicted molar refractivity (Wildman–Crippen MR) is 148 cm³/mol. The first-order valence-corrected chi connectivity index (χ1v) is 14.0. The smallest absolute Gasteiger partial charge is 0.394 e. The lowest BCUT2D eigenvalue weighted by atomic mass is 9.57. The van der Waals surface area contributed by atoms with Crippen LogP contribution in [0.3, 0.4) is 0 Å². The molecule has 3 aliphatic rings. The van der Waals surface area contributed by atoms with Crippen molar-refractivity contribution in [2.75, 3.05) is 19.4 Å². The molecule has 0 saturated heterocycles. The number of hydrogen-bond donors (Lipinski definition) is 8. The number of fused-ring (bicyclic) bond motifs is 3. The molecule has 4 atom stereocenters. The molecule has 0 aliphatic heterocycles. The van der Waals surface area contributed by atoms with Crippen molar-refractivity contribution in [3.8, 4) is 5.75 Å². The topological polar surface area (TPSA) is 291 Å². The highest BCUT2D eigenvalue weighted by Crippen LogP contribution is 2.54. The zero-order chi connectivity index (χ0) is 33.1. The molecule has 18 heteroatoms. The molecule has 0 radical (unpaired) electrons. The number of likely N-dealkylation sites (N-methyl/N-ethyl adjacent to an activating group) is 1. The summed E-state index contributed by atoms with van der Waals surface area (Å²) in [6.45, 7) is 5.44. The van der Waals surface area contributed by atoms with E-state index in [1.807, 2.05) is 20.8 Å². The van der Waals surface area contributed by atoms with E-state index in [0.717, 1.165) is 6.07 Å². The lowest BCUT2D eigenvalue weighted by Gasteiger charge is -2.50. The number of ketones is 2. The van der Waals surface area contributed by atoms with Crippen molar-refractivity contribution < 1.29 is 57.3 Å². The highest BCUT2D eigenvalue weighted by Gasteiger charge is 2.64. The third-order valence-corrected chi connectivity index (χ3v) is 7.41. The quantitative estimate of drug-likeness (QED) is 0.0737. The van der Waals surface area contributed by atoms with Gasteiger partial charge in [0.2, 0.25) is 11.5 Å². The zero-order valence-corrected chi connectivity index (χ0v) is 24.5. The van der Waals surface area contributed by atoms with Crippen LogP contribution in [0, 0.1) is 22.0 Å². The number of rotatable bonds is 4. The number of phenolic OH excluding ortho intramolecular Hbond substituents is 1. The molecule has 1 fully saturated rings. The minimum atomic E-state index is -4.67. The second-order valence-corrected chi connectivity index (χ2v) is 12.6. The van der Waals surface area contributed by atoms with Gasteiger partial charge < -0.3 is 31.5 Å². The van der Waals surface area contributed by atoms with E-state index >= 15 is 0 Å². The lowest BCUT2D eigenvalue weighted by molar-refractivity contribution is -0.385. The monoisotopic (exact) mass is 628 g/mol. The van der Waals surface area contributed by atoms with Crippen molar-refractivity contribution in [3.63, 3.8) is 0 Å². The molecule has 4 rings (SSSR count). The Morgan fingerprint density at radius 3 is 2.16 bits per heavy atom. The molecule has 1 aromatic carbocycles. The lowest BCUT2D eigenvalue weighted by Crippen LogP contribution is -2.65. The van der Waals surface area contributed by atoms with E-state index in [-0.39, 0.29) is 29.7 Å². The molecule has 2 unspecified atom stereocenters. The SMILES string of the molecule is CN(C)[C@@H]1C(=O)C(C(N)=O)=C(O)[C@@]2(O)C(=O)C3=C(O)c4c(O)c([N+](=O)[O-])cc(NC(C)(C)C)c4CC3CC12.O=S(=O)(O)O. The fourth-order valence-electron chi connectivity index (χ4n) is 5.95. The van der Waals surface area contributed by atoms with Crippen LogP contribution in [-0.4, -0.2) is 96.5 Å². The maximum atomic E-state index is 13.9. The van der Waals surface area contributed by atoms with Gasteiger partial charge in [-0.05, 0) is 59.2 Å². The predicted octanol–water partition coefficient (Wildman–Crippen LogP) is 0.430. The number of phenols is 1. The van der Waals surface area contributed by atoms with Crippen LogP contribution in [0.25, 0.3) is 5.76 Å². The molecule has 1 saturated carbocycles. The number of hydrogen-bond acceptors (Lipinski definition) is 13. The van der Waals surface area contributed by atoms with E-state index in [9.17, 15) is 44.9 Å². The summed E-state index contributed by atoms with van der Waals surface area (Å²) >= 11 is 0. The fraction of sp³-hybridized carbons (Fsp3) is 0.480. The maximum Gasteiger partial charge on any atom is 0.394 e. The minimum absolute atomic E-state index is 0.0124. The van der Waals surface area contributed by atoms with E-state index in [0.29, 0.717) is 5.56 Å². The molecule has 1 amide bonds. The van der Waals surface area contributed by atoms with Crippen molar-refractivity contribution in [1.29, 1.82) is 0 Å². The fourth-order valence-corrected chi connectivity index (χ4v) is 5.95. The van der Waals surface area contributed by atoms with Crippen LogP contribution in [0.2, 0.25) is 0 Å². The number of aliphatic hydroxyl groups is 3. The summed E-state index contributed by atoms with van der Waals surface area (Å²) in [5.74, 6) is -8.23. The van der Waals surface area contributed by atoms with Crippen molar-refractivity contribution in [2.45, 2.75) is 50.8 Å². The van der Waals surface area contributed by atoms with E-state index in [2.05, 4.69) is 5.32 Å². The number of amides is 1. The molecule has 0 aromatic heterocycles. The number of nitro groups is 1. The highest BCUT2D eigenvalue weighted by atomic mass is 32.3. The van der Waals surface area contributed by atoms with Gasteiger partial charge in [-0.15, -0.1) is 0 Å². The molecular formula is C25H32N4O13S. The van der Waals surface area contributed by atoms with Crippen molar-refractivity contribution in [3.05, 3.63) is 44.2 Å². The molecular weight excluding hydrogens is 596 g/mol. The van der Waals surface area contributed by atoms with Gasteiger partial charge >= 0.3 is 16.1 Å².